The van der Waals surface area contributed by atoms with Crippen molar-refractivity contribution in [2.75, 3.05) is 6.61 Å². The van der Waals surface area contributed by atoms with E-state index in [-0.39, 0.29) is 12.5 Å². The molecule has 0 aliphatic rings. The first-order valence-electron chi connectivity index (χ1n) is 8.49. The minimum Gasteiger partial charge on any atom is -0.483 e. The van der Waals surface area contributed by atoms with Gasteiger partial charge in [0.1, 0.15) is 5.75 Å². The highest BCUT2D eigenvalue weighted by atomic mass is 16.5. The van der Waals surface area contributed by atoms with Crippen LogP contribution in [0.4, 0.5) is 0 Å². The first kappa shape index (κ1) is 18.1. The molecule has 3 aromatic rings. The van der Waals surface area contributed by atoms with E-state index >= 15 is 0 Å². The third-order valence-electron chi connectivity index (χ3n) is 3.61. The van der Waals surface area contributed by atoms with Crippen LogP contribution in [0.2, 0.25) is 0 Å². The Morgan fingerprint density at radius 2 is 1.74 bits per heavy atom. The molecular formula is C22H19N3O2. The molecule has 3 rings (SSSR count). The van der Waals surface area contributed by atoms with E-state index in [0.29, 0.717) is 11.4 Å². The van der Waals surface area contributed by atoms with Crippen LogP contribution in [-0.4, -0.2) is 23.7 Å². The molecule has 134 valence electrons. The summed E-state index contributed by atoms with van der Waals surface area (Å²) in [5.74, 6) is 0.289. The average molecular weight is 357 g/mol. The Hall–Kier alpha value is -3.73. The summed E-state index contributed by atoms with van der Waals surface area (Å²) >= 11 is 0. The smallest absolute Gasteiger partial charge is 0.277 e. The Balaban J connectivity index is 1.55. The summed E-state index contributed by atoms with van der Waals surface area (Å²) in [5.41, 5.74) is 5.07. The zero-order valence-corrected chi connectivity index (χ0v) is 14.7. The first-order valence-corrected chi connectivity index (χ1v) is 8.49. The lowest BCUT2D eigenvalue weighted by atomic mass is 10.1. The molecule has 1 heterocycles. The molecule has 0 aliphatic heterocycles. The monoisotopic (exact) mass is 357 g/mol. The van der Waals surface area contributed by atoms with Gasteiger partial charge in [0, 0.05) is 11.8 Å². The topological polar surface area (TPSA) is 63.6 Å². The number of carbonyl (C=O) groups excluding carboxylic acids is 1. The van der Waals surface area contributed by atoms with Gasteiger partial charge in [-0.1, -0.05) is 66.7 Å². The molecule has 2 aromatic carbocycles. The van der Waals surface area contributed by atoms with E-state index in [9.17, 15) is 4.79 Å². The van der Waals surface area contributed by atoms with Crippen LogP contribution in [0.1, 0.15) is 16.8 Å². The van der Waals surface area contributed by atoms with Gasteiger partial charge in [0.2, 0.25) is 0 Å². The second-order valence-corrected chi connectivity index (χ2v) is 5.62. The van der Waals surface area contributed by atoms with E-state index in [1.54, 1.807) is 12.3 Å². The van der Waals surface area contributed by atoms with E-state index in [0.717, 1.165) is 11.1 Å². The molecule has 1 N–H and O–H groups in total. The molecule has 0 fully saturated rings. The number of rotatable bonds is 7. The van der Waals surface area contributed by atoms with E-state index in [1.807, 2.05) is 78.9 Å². The lowest BCUT2D eigenvalue weighted by Crippen LogP contribution is -2.24. The van der Waals surface area contributed by atoms with Crippen molar-refractivity contribution in [1.82, 2.24) is 10.4 Å². The van der Waals surface area contributed by atoms with E-state index in [1.165, 1.54) is 6.21 Å². The summed E-state index contributed by atoms with van der Waals surface area (Å²) in [5, 5.41) is 3.87. The summed E-state index contributed by atoms with van der Waals surface area (Å²) in [6.45, 7) is -0.129. The molecule has 0 aliphatic carbocycles. The molecular weight excluding hydrogens is 338 g/mol. The molecule has 5 nitrogen and oxygen atoms in total. The summed E-state index contributed by atoms with van der Waals surface area (Å²) in [6, 6.07) is 23.0. The number of amides is 1. The molecule has 0 saturated carbocycles. The Morgan fingerprint density at radius 1 is 0.963 bits per heavy atom. The standard InChI is InChI=1S/C22H19N3O2/c26-22(25-24-16-20-11-6-7-15-23-20)17-27-21-12-5-4-10-19(21)14-13-18-8-2-1-3-9-18/h1-16H,17H2,(H,25,26)/b14-13+,24-16+. The van der Waals surface area contributed by atoms with Crippen LogP contribution in [0.3, 0.4) is 0 Å². The van der Waals surface area contributed by atoms with Gasteiger partial charge < -0.3 is 4.74 Å². The average Bonchev–Trinajstić information content (AvgIpc) is 2.73. The van der Waals surface area contributed by atoms with Crippen molar-refractivity contribution in [1.29, 1.82) is 0 Å². The number of pyridine rings is 1. The molecule has 27 heavy (non-hydrogen) atoms. The van der Waals surface area contributed by atoms with Gasteiger partial charge >= 0.3 is 0 Å². The van der Waals surface area contributed by atoms with Crippen molar-refractivity contribution in [2.45, 2.75) is 0 Å². The van der Waals surface area contributed by atoms with Crippen molar-refractivity contribution in [3.63, 3.8) is 0 Å². The number of aromatic nitrogens is 1. The molecule has 0 saturated heterocycles. The van der Waals surface area contributed by atoms with Crippen molar-refractivity contribution >= 4 is 24.3 Å². The van der Waals surface area contributed by atoms with Crippen molar-refractivity contribution in [2.24, 2.45) is 5.10 Å². The third kappa shape index (κ3) is 5.93. The summed E-state index contributed by atoms with van der Waals surface area (Å²) < 4.78 is 5.64. The fourth-order valence-electron chi connectivity index (χ4n) is 2.30. The normalized spacial score (nSPS) is 11.0. The molecule has 0 bridgehead atoms. The van der Waals surface area contributed by atoms with Gasteiger partial charge in [0.15, 0.2) is 6.61 Å². The highest BCUT2D eigenvalue weighted by Crippen LogP contribution is 2.20. The fourth-order valence-corrected chi connectivity index (χ4v) is 2.30. The maximum atomic E-state index is 11.9. The second-order valence-electron chi connectivity index (χ2n) is 5.62. The van der Waals surface area contributed by atoms with Crippen LogP contribution in [-0.2, 0) is 4.79 Å². The lowest BCUT2D eigenvalue weighted by Gasteiger charge is -2.08. The number of hydrogen-bond acceptors (Lipinski definition) is 4. The van der Waals surface area contributed by atoms with Crippen LogP contribution in [0, 0.1) is 0 Å². The van der Waals surface area contributed by atoms with Gasteiger partial charge in [0.05, 0.1) is 11.9 Å². The highest BCUT2D eigenvalue weighted by molar-refractivity contribution is 5.81. The molecule has 0 spiro atoms. The van der Waals surface area contributed by atoms with Crippen molar-refractivity contribution in [3.05, 3.63) is 95.8 Å². The van der Waals surface area contributed by atoms with Crippen LogP contribution >= 0.6 is 0 Å². The number of ether oxygens (including phenoxy) is 1. The highest BCUT2D eigenvalue weighted by Gasteiger charge is 2.04. The van der Waals surface area contributed by atoms with Gasteiger partial charge in [-0.15, -0.1) is 0 Å². The van der Waals surface area contributed by atoms with Gasteiger partial charge in [-0.05, 0) is 23.8 Å². The van der Waals surface area contributed by atoms with Crippen LogP contribution in [0.5, 0.6) is 5.75 Å². The molecule has 5 heteroatoms. The van der Waals surface area contributed by atoms with Gasteiger partial charge in [0.25, 0.3) is 5.91 Å². The number of nitrogens with one attached hydrogen (secondary N) is 1. The minimum atomic E-state index is -0.343. The van der Waals surface area contributed by atoms with Crippen LogP contribution in [0.25, 0.3) is 12.2 Å². The zero-order valence-electron chi connectivity index (χ0n) is 14.7. The summed E-state index contributed by atoms with van der Waals surface area (Å²) in [6.07, 6.45) is 7.10. The Morgan fingerprint density at radius 3 is 2.56 bits per heavy atom. The second kappa shape index (κ2) is 9.68. The quantitative estimate of drug-likeness (QED) is 0.398. The van der Waals surface area contributed by atoms with E-state index in [4.69, 9.17) is 4.74 Å². The molecule has 0 atom stereocenters. The number of nitrogens with zero attached hydrogens (tertiary/aromatic N) is 2. The summed E-state index contributed by atoms with van der Waals surface area (Å²) in [7, 11) is 0. The fraction of sp³-hybridized carbons (Fsp3) is 0.0455. The summed E-state index contributed by atoms with van der Waals surface area (Å²) in [4.78, 5) is 16.0. The number of hydrazone groups is 1. The predicted octanol–water partition coefficient (Wildman–Crippen LogP) is 3.78. The lowest BCUT2D eigenvalue weighted by molar-refractivity contribution is -0.123. The Kier molecular flexibility index (Phi) is 6.48. The minimum absolute atomic E-state index is 0.129. The molecule has 1 amide bonds. The van der Waals surface area contributed by atoms with Gasteiger partial charge in [-0.25, -0.2) is 5.43 Å². The molecule has 0 radical (unpaired) electrons. The third-order valence-corrected chi connectivity index (χ3v) is 3.61. The SMILES string of the molecule is O=C(COc1ccccc1/C=C/c1ccccc1)N/N=C/c1ccccn1. The molecule has 0 unspecified atom stereocenters. The van der Waals surface area contributed by atoms with Crippen LogP contribution in [0.15, 0.2) is 84.1 Å². The Bertz CT molecular complexity index is 923. The first-order chi connectivity index (χ1) is 13.3. The van der Waals surface area contributed by atoms with E-state index in [2.05, 4.69) is 15.5 Å². The van der Waals surface area contributed by atoms with E-state index < -0.39 is 0 Å². The van der Waals surface area contributed by atoms with Gasteiger partial charge in [-0.3, -0.25) is 9.78 Å². The van der Waals surface area contributed by atoms with Gasteiger partial charge in [-0.2, -0.15) is 5.10 Å². The molecule has 1 aromatic heterocycles. The zero-order chi connectivity index (χ0) is 18.7. The Labute approximate surface area is 158 Å². The maximum absolute atomic E-state index is 11.9. The number of hydrogen-bond donors (Lipinski definition) is 1. The number of carbonyl (C=O) groups is 1. The van der Waals surface area contributed by atoms with Crippen LogP contribution < -0.4 is 10.2 Å². The van der Waals surface area contributed by atoms with Crippen molar-refractivity contribution in [3.8, 4) is 5.75 Å². The largest absolute Gasteiger partial charge is 0.483 e. The number of benzene rings is 2. The number of para-hydroxylation sites is 1. The van der Waals surface area contributed by atoms with Crippen molar-refractivity contribution < 1.29 is 9.53 Å². The maximum Gasteiger partial charge on any atom is 0.277 e. The predicted molar refractivity (Wildman–Crippen MR) is 107 cm³/mol.